The lowest BCUT2D eigenvalue weighted by atomic mass is 9.98. The Balaban J connectivity index is 1.61. The van der Waals surface area contributed by atoms with Crippen molar-refractivity contribution in [3.05, 3.63) is 84.6 Å². The van der Waals surface area contributed by atoms with Gasteiger partial charge in [-0.25, -0.2) is 4.98 Å². The number of carboxylic acids is 1. The van der Waals surface area contributed by atoms with Gasteiger partial charge < -0.3 is 21.1 Å². The lowest BCUT2D eigenvalue weighted by Gasteiger charge is -2.24. The Kier molecular flexibility index (Phi) is 10.8. The molecule has 38 heavy (non-hydrogen) atoms. The Labute approximate surface area is 223 Å². The SMILES string of the molecule is CC(C)C[C@H](NC(=O)CCCNc1ccccn1)C(=O)NC(CC(=O)O)c1ccc(-c2ccccc2)cc1. The number of aliphatic carboxylic acids is 1. The summed E-state index contributed by atoms with van der Waals surface area (Å²) in [4.78, 5) is 41.7. The molecule has 0 saturated heterocycles. The zero-order valence-electron chi connectivity index (χ0n) is 21.9. The fourth-order valence-electron chi connectivity index (χ4n) is 4.14. The zero-order chi connectivity index (χ0) is 27.3. The number of rotatable bonds is 14. The number of nitrogens with zero attached hydrogens (tertiary/aromatic N) is 1. The number of nitrogens with one attached hydrogen (secondary N) is 3. The second kappa shape index (κ2) is 14.5. The highest BCUT2D eigenvalue weighted by atomic mass is 16.4. The second-order valence-corrected chi connectivity index (χ2v) is 9.64. The number of aromatic nitrogens is 1. The van der Waals surface area contributed by atoms with Gasteiger partial charge in [0.2, 0.25) is 11.8 Å². The van der Waals surface area contributed by atoms with E-state index in [1.54, 1.807) is 6.20 Å². The van der Waals surface area contributed by atoms with Crippen LogP contribution < -0.4 is 16.0 Å². The first-order chi connectivity index (χ1) is 18.3. The number of carbonyl (C=O) groups is 3. The van der Waals surface area contributed by atoms with Crippen molar-refractivity contribution in [3.8, 4) is 11.1 Å². The molecular formula is C30H36N4O4. The normalized spacial score (nSPS) is 12.4. The Hall–Kier alpha value is -4.20. The number of carbonyl (C=O) groups excluding carboxylic acids is 2. The van der Waals surface area contributed by atoms with E-state index in [-0.39, 0.29) is 24.7 Å². The third-order valence-electron chi connectivity index (χ3n) is 6.03. The van der Waals surface area contributed by atoms with Gasteiger partial charge in [0.1, 0.15) is 11.9 Å². The number of benzene rings is 2. The standard InChI is InChI=1S/C30H36N4O4/c1-21(2)19-26(33-28(35)12-8-18-32-27-11-6-7-17-31-27)30(38)34-25(20-29(36)37)24-15-13-23(14-16-24)22-9-4-3-5-10-22/h3-7,9-11,13-17,21,25-26H,8,12,18-20H2,1-2H3,(H,31,32)(H,33,35)(H,34,38)(H,36,37)/t25?,26-/m0/s1. The summed E-state index contributed by atoms with van der Waals surface area (Å²) >= 11 is 0. The Bertz CT molecular complexity index is 1170. The second-order valence-electron chi connectivity index (χ2n) is 9.64. The largest absolute Gasteiger partial charge is 0.481 e. The van der Waals surface area contributed by atoms with E-state index in [0.29, 0.717) is 24.9 Å². The summed E-state index contributed by atoms with van der Waals surface area (Å²) in [6.07, 6.45) is 2.70. The van der Waals surface area contributed by atoms with E-state index >= 15 is 0 Å². The molecular weight excluding hydrogens is 480 g/mol. The first kappa shape index (κ1) is 28.4. The molecule has 0 fully saturated rings. The molecule has 0 aliphatic carbocycles. The molecule has 0 aliphatic heterocycles. The van der Waals surface area contributed by atoms with Crippen molar-refractivity contribution < 1.29 is 19.5 Å². The fourth-order valence-corrected chi connectivity index (χ4v) is 4.14. The topological polar surface area (TPSA) is 120 Å². The van der Waals surface area contributed by atoms with Crippen LogP contribution in [0.5, 0.6) is 0 Å². The van der Waals surface area contributed by atoms with Crippen LogP contribution in [0, 0.1) is 5.92 Å². The molecule has 1 unspecified atom stereocenters. The van der Waals surface area contributed by atoms with Crippen molar-refractivity contribution in [1.82, 2.24) is 15.6 Å². The van der Waals surface area contributed by atoms with Gasteiger partial charge in [-0.3, -0.25) is 14.4 Å². The summed E-state index contributed by atoms with van der Waals surface area (Å²) < 4.78 is 0. The molecule has 0 aliphatic rings. The molecule has 2 amide bonds. The molecule has 3 rings (SSSR count). The van der Waals surface area contributed by atoms with Crippen molar-refractivity contribution >= 4 is 23.6 Å². The Morgan fingerprint density at radius 2 is 1.55 bits per heavy atom. The van der Waals surface area contributed by atoms with E-state index in [2.05, 4.69) is 20.9 Å². The molecule has 8 nitrogen and oxygen atoms in total. The first-order valence-corrected chi connectivity index (χ1v) is 12.9. The van der Waals surface area contributed by atoms with Gasteiger partial charge in [-0.05, 0) is 47.6 Å². The Morgan fingerprint density at radius 3 is 2.18 bits per heavy atom. The average Bonchev–Trinajstić information content (AvgIpc) is 2.91. The minimum absolute atomic E-state index is 0.153. The van der Waals surface area contributed by atoms with Gasteiger partial charge in [0, 0.05) is 19.2 Å². The average molecular weight is 517 g/mol. The summed E-state index contributed by atoms with van der Waals surface area (Å²) in [5.41, 5.74) is 2.74. The quantitative estimate of drug-likeness (QED) is 0.228. The number of amides is 2. The van der Waals surface area contributed by atoms with Crippen molar-refractivity contribution in [3.63, 3.8) is 0 Å². The minimum atomic E-state index is -1.02. The van der Waals surface area contributed by atoms with Gasteiger partial charge in [0.05, 0.1) is 12.5 Å². The summed E-state index contributed by atoms with van der Waals surface area (Å²) in [7, 11) is 0. The van der Waals surface area contributed by atoms with Crippen molar-refractivity contribution in [1.29, 1.82) is 0 Å². The summed E-state index contributed by atoms with van der Waals surface area (Å²) in [5, 5.41) is 18.4. The summed E-state index contributed by atoms with van der Waals surface area (Å²) in [6.45, 7) is 4.52. The van der Waals surface area contributed by atoms with Gasteiger partial charge in [-0.2, -0.15) is 0 Å². The van der Waals surface area contributed by atoms with E-state index in [9.17, 15) is 19.5 Å². The van der Waals surface area contributed by atoms with Gasteiger partial charge in [-0.1, -0.05) is 74.5 Å². The molecule has 2 atom stereocenters. The highest BCUT2D eigenvalue weighted by Gasteiger charge is 2.26. The minimum Gasteiger partial charge on any atom is -0.481 e. The maximum absolute atomic E-state index is 13.2. The molecule has 0 spiro atoms. The molecule has 3 aromatic rings. The molecule has 0 saturated carbocycles. The van der Waals surface area contributed by atoms with Crippen molar-refractivity contribution in [2.45, 2.75) is 51.6 Å². The monoisotopic (exact) mass is 516 g/mol. The van der Waals surface area contributed by atoms with Gasteiger partial charge in [-0.15, -0.1) is 0 Å². The van der Waals surface area contributed by atoms with Crippen LogP contribution in [0.15, 0.2) is 79.0 Å². The number of hydrogen-bond donors (Lipinski definition) is 4. The van der Waals surface area contributed by atoms with Crippen LogP contribution in [0.3, 0.4) is 0 Å². The molecule has 1 heterocycles. The Morgan fingerprint density at radius 1 is 0.868 bits per heavy atom. The third-order valence-corrected chi connectivity index (χ3v) is 6.03. The highest BCUT2D eigenvalue weighted by Crippen LogP contribution is 2.24. The van der Waals surface area contributed by atoms with Crippen LogP contribution in [0.4, 0.5) is 5.82 Å². The number of anilines is 1. The van der Waals surface area contributed by atoms with Gasteiger partial charge in [0.15, 0.2) is 0 Å². The molecule has 8 heteroatoms. The van der Waals surface area contributed by atoms with Gasteiger partial charge >= 0.3 is 5.97 Å². The van der Waals surface area contributed by atoms with Crippen LogP contribution in [0.25, 0.3) is 11.1 Å². The summed E-state index contributed by atoms with van der Waals surface area (Å²) in [5.74, 6) is -0.744. The van der Waals surface area contributed by atoms with E-state index in [1.165, 1.54) is 0 Å². The molecule has 1 aromatic heterocycles. The first-order valence-electron chi connectivity index (χ1n) is 12.9. The van der Waals surface area contributed by atoms with Crippen molar-refractivity contribution in [2.24, 2.45) is 5.92 Å². The van der Waals surface area contributed by atoms with Crippen LogP contribution in [-0.4, -0.2) is 40.5 Å². The van der Waals surface area contributed by atoms with E-state index in [0.717, 1.165) is 16.9 Å². The molecule has 2 aromatic carbocycles. The maximum atomic E-state index is 13.2. The number of hydrogen-bond acceptors (Lipinski definition) is 5. The number of carboxylic acid groups (broad SMARTS) is 1. The molecule has 0 radical (unpaired) electrons. The fraction of sp³-hybridized carbons (Fsp3) is 0.333. The number of pyridine rings is 1. The summed E-state index contributed by atoms with van der Waals surface area (Å²) in [6, 6.07) is 21.4. The van der Waals surface area contributed by atoms with Crippen molar-refractivity contribution in [2.75, 3.05) is 11.9 Å². The lowest BCUT2D eigenvalue weighted by Crippen LogP contribution is -2.48. The zero-order valence-corrected chi connectivity index (χ0v) is 21.9. The molecule has 200 valence electrons. The van der Waals surface area contributed by atoms with E-state index in [1.807, 2.05) is 86.6 Å². The van der Waals surface area contributed by atoms with Crippen LogP contribution in [-0.2, 0) is 14.4 Å². The lowest BCUT2D eigenvalue weighted by molar-refractivity contribution is -0.138. The smallest absolute Gasteiger partial charge is 0.305 e. The van der Waals surface area contributed by atoms with Crippen LogP contribution >= 0.6 is 0 Å². The predicted molar refractivity (Wildman–Crippen MR) is 148 cm³/mol. The highest BCUT2D eigenvalue weighted by molar-refractivity contribution is 5.88. The maximum Gasteiger partial charge on any atom is 0.305 e. The van der Waals surface area contributed by atoms with E-state index < -0.39 is 24.0 Å². The van der Waals surface area contributed by atoms with E-state index in [4.69, 9.17) is 0 Å². The van der Waals surface area contributed by atoms with Crippen LogP contribution in [0.1, 0.15) is 51.1 Å². The molecule has 4 N–H and O–H groups in total. The third kappa shape index (κ3) is 9.35. The van der Waals surface area contributed by atoms with Gasteiger partial charge in [0.25, 0.3) is 0 Å². The predicted octanol–water partition coefficient (Wildman–Crippen LogP) is 4.80. The molecule has 0 bridgehead atoms. The van der Waals surface area contributed by atoms with Crippen LogP contribution in [0.2, 0.25) is 0 Å².